The molecule has 3 nitrogen and oxygen atoms in total. The first-order valence-electron chi connectivity index (χ1n) is 13.7. The van der Waals surface area contributed by atoms with Crippen molar-refractivity contribution < 1.29 is 58.1 Å². The van der Waals surface area contributed by atoms with Crippen LogP contribution in [0.3, 0.4) is 0 Å². The normalized spacial score (nSPS) is 24.1. The summed E-state index contributed by atoms with van der Waals surface area (Å²) in [5.74, 6) is -5.90. The largest absolute Gasteiger partial charge is 0.527 e. The molecule has 234 valence electrons. The lowest BCUT2D eigenvalue weighted by Gasteiger charge is -2.38. The van der Waals surface area contributed by atoms with E-state index in [1.807, 2.05) is 0 Å². The zero-order valence-corrected chi connectivity index (χ0v) is 22.6. The second kappa shape index (κ2) is 12.6. The van der Waals surface area contributed by atoms with Crippen molar-refractivity contribution in [2.75, 3.05) is 6.61 Å². The second-order valence-corrected chi connectivity index (χ2v) is 10.9. The van der Waals surface area contributed by atoms with E-state index in [4.69, 9.17) is 4.74 Å². The molecule has 2 aromatic rings. The van der Waals surface area contributed by atoms with Crippen molar-refractivity contribution in [3.63, 3.8) is 0 Å². The maximum Gasteiger partial charge on any atom is 0.527 e. The lowest BCUT2D eigenvalue weighted by atomic mass is 9.75. The predicted molar refractivity (Wildman–Crippen MR) is 130 cm³/mol. The molecule has 1 saturated heterocycles. The predicted octanol–water partition coefficient (Wildman–Crippen LogP) is 9.69. The summed E-state index contributed by atoms with van der Waals surface area (Å²) in [6, 6.07) is 1.82. The molecule has 0 bridgehead atoms. The van der Waals surface area contributed by atoms with Gasteiger partial charge in [0.25, 0.3) is 0 Å². The number of halogens is 10. The topological polar surface area (TPSA) is 27.7 Å². The van der Waals surface area contributed by atoms with Crippen LogP contribution in [-0.2, 0) is 21.7 Å². The third-order valence-corrected chi connectivity index (χ3v) is 7.97. The summed E-state index contributed by atoms with van der Waals surface area (Å²) < 4.78 is 150. The van der Waals surface area contributed by atoms with Crippen molar-refractivity contribution in [1.82, 2.24) is 0 Å². The van der Waals surface area contributed by atoms with Crippen LogP contribution in [0.2, 0.25) is 0 Å². The smallest absolute Gasteiger partial charge is 0.429 e. The number of benzene rings is 2. The Bertz CT molecular complexity index is 1190. The molecule has 1 aliphatic carbocycles. The zero-order valence-electron chi connectivity index (χ0n) is 22.6. The standard InChI is InChI=1S/C29H30F10O3/c1-2-3-16-4-11-25(40-15-16)18-7-5-17(6-8-18)19-12-23(31)26(24(32)13-19)28(35,36)41-20-9-10-21(22(30)14-20)27(33,34)42-29(37,38)39/h9-10,12-14,16-18,25H,2-8,11,15H2,1H3. The summed E-state index contributed by atoms with van der Waals surface area (Å²) in [7, 11) is 0. The number of alkyl halides is 7. The number of rotatable bonds is 9. The van der Waals surface area contributed by atoms with Crippen molar-refractivity contribution in [1.29, 1.82) is 0 Å². The van der Waals surface area contributed by atoms with Crippen LogP contribution in [0.15, 0.2) is 30.3 Å². The summed E-state index contributed by atoms with van der Waals surface area (Å²) in [6.07, 6.45) is -8.64. The summed E-state index contributed by atoms with van der Waals surface area (Å²) >= 11 is 0. The molecule has 1 saturated carbocycles. The minimum absolute atomic E-state index is 0.0283. The minimum Gasteiger partial charge on any atom is -0.429 e. The van der Waals surface area contributed by atoms with Gasteiger partial charge in [-0.25, -0.2) is 17.9 Å². The molecule has 0 amide bonds. The fourth-order valence-electron chi connectivity index (χ4n) is 5.96. The van der Waals surface area contributed by atoms with Crippen LogP contribution in [0.5, 0.6) is 5.75 Å². The van der Waals surface area contributed by atoms with Gasteiger partial charge in [0, 0.05) is 12.7 Å². The zero-order chi connectivity index (χ0) is 30.9. The second-order valence-electron chi connectivity index (χ2n) is 10.9. The van der Waals surface area contributed by atoms with Crippen molar-refractivity contribution >= 4 is 0 Å². The molecule has 2 unspecified atom stereocenters. The molecule has 0 N–H and O–H groups in total. The lowest BCUT2D eigenvalue weighted by molar-refractivity contribution is -0.432. The van der Waals surface area contributed by atoms with Crippen molar-refractivity contribution in [2.45, 2.75) is 88.9 Å². The van der Waals surface area contributed by atoms with Crippen LogP contribution < -0.4 is 4.74 Å². The van der Waals surface area contributed by atoms with Crippen LogP contribution in [0.25, 0.3) is 0 Å². The highest BCUT2D eigenvalue weighted by Crippen LogP contribution is 2.43. The SMILES string of the molecule is CCCC1CCC(C2CCC(c3cc(F)c(C(F)(F)Oc4ccc(C(F)(F)OC(F)(F)F)c(F)c4)c(F)c3)CC2)OC1. The summed E-state index contributed by atoms with van der Waals surface area (Å²) in [5.41, 5.74) is -3.51. The van der Waals surface area contributed by atoms with Crippen LogP contribution in [0, 0.1) is 29.3 Å². The first-order chi connectivity index (χ1) is 19.6. The van der Waals surface area contributed by atoms with E-state index in [0.717, 1.165) is 57.3 Å². The molecule has 1 heterocycles. The molecule has 4 rings (SSSR count). The Morgan fingerprint density at radius 1 is 0.786 bits per heavy atom. The molecular formula is C29H30F10O3. The first kappa shape index (κ1) is 32.4. The van der Waals surface area contributed by atoms with E-state index in [1.54, 1.807) is 0 Å². The van der Waals surface area contributed by atoms with Crippen molar-refractivity contribution in [3.05, 3.63) is 64.5 Å². The Hall–Kier alpha value is -2.54. The van der Waals surface area contributed by atoms with Gasteiger partial charge >= 0.3 is 18.6 Å². The molecule has 1 aliphatic heterocycles. The third kappa shape index (κ3) is 7.69. The Balaban J connectivity index is 1.42. The Kier molecular flexibility index (Phi) is 9.71. The van der Waals surface area contributed by atoms with Gasteiger partial charge in [-0.05, 0) is 92.5 Å². The Labute approximate surface area is 236 Å². The van der Waals surface area contributed by atoms with Gasteiger partial charge in [-0.3, -0.25) is 0 Å². The van der Waals surface area contributed by atoms with Gasteiger partial charge in [0.15, 0.2) is 0 Å². The summed E-state index contributed by atoms with van der Waals surface area (Å²) in [6.45, 7) is 2.86. The summed E-state index contributed by atoms with van der Waals surface area (Å²) in [5, 5.41) is 0. The van der Waals surface area contributed by atoms with E-state index < -0.39 is 52.9 Å². The highest BCUT2D eigenvalue weighted by molar-refractivity contribution is 5.34. The van der Waals surface area contributed by atoms with Gasteiger partial charge in [0.05, 0.1) is 11.7 Å². The Morgan fingerprint density at radius 2 is 1.43 bits per heavy atom. The first-order valence-corrected chi connectivity index (χ1v) is 13.7. The highest BCUT2D eigenvalue weighted by Gasteiger charge is 2.48. The van der Waals surface area contributed by atoms with Crippen LogP contribution >= 0.6 is 0 Å². The maximum atomic E-state index is 14.9. The Morgan fingerprint density at radius 3 is 1.95 bits per heavy atom. The van der Waals surface area contributed by atoms with Crippen LogP contribution in [0.1, 0.15) is 80.9 Å². The molecule has 13 heteroatoms. The van der Waals surface area contributed by atoms with Crippen molar-refractivity contribution in [3.8, 4) is 5.75 Å². The van der Waals surface area contributed by atoms with E-state index in [9.17, 15) is 43.9 Å². The van der Waals surface area contributed by atoms with Crippen LogP contribution in [-0.4, -0.2) is 19.1 Å². The molecule has 2 atom stereocenters. The average Bonchev–Trinajstić information content (AvgIpc) is 2.87. The number of ether oxygens (including phenoxy) is 3. The molecule has 0 radical (unpaired) electrons. The highest BCUT2D eigenvalue weighted by atomic mass is 19.4. The van der Waals surface area contributed by atoms with E-state index in [-0.39, 0.29) is 29.7 Å². The fourth-order valence-corrected chi connectivity index (χ4v) is 5.96. The monoisotopic (exact) mass is 616 g/mol. The molecule has 0 aromatic heterocycles. The molecule has 42 heavy (non-hydrogen) atoms. The van der Waals surface area contributed by atoms with Gasteiger partial charge < -0.3 is 9.47 Å². The van der Waals surface area contributed by atoms with Gasteiger partial charge in [-0.1, -0.05) is 13.3 Å². The lowest BCUT2D eigenvalue weighted by Crippen LogP contribution is -2.34. The van der Waals surface area contributed by atoms with Gasteiger partial charge in [-0.15, -0.1) is 13.2 Å². The number of hydrogen-bond donors (Lipinski definition) is 0. The fraction of sp³-hybridized carbons (Fsp3) is 0.586. The quantitative estimate of drug-likeness (QED) is 0.263. The summed E-state index contributed by atoms with van der Waals surface area (Å²) in [4.78, 5) is 0. The van der Waals surface area contributed by atoms with E-state index >= 15 is 0 Å². The van der Waals surface area contributed by atoms with E-state index in [1.165, 1.54) is 0 Å². The van der Waals surface area contributed by atoms with Gasteiger partial charge in [0.1, 0.15) is 28.8 Å². The third-order valence-electron chi connectivity index (χ3n) is 7.97. The number of hydrogen-bond acceptors (Lipinski definition) is 3. The molecule has 0 spiro atoms. The average molecular weight is 617 g/mol. The van der Waals surface area contributed by atoms with E-state index in [2.05, 4.69) is 16.4 Å². The molecule has 2 aliphatic rings. The molecule has 2 fully saturated rings. The van der Waals surface area contributed by atoms with E-state index in [0.29, 0.717) is 30.7 Å². The van der Waals surface area contributed by atoms with Crippen molar-refractivity contribution in [2.24, 2.45) is 11.8 Å². The van der Waals surface area contributed by atoms with Gasteiger partial charge in [0.2, 0.25) is 0 Å². The van der Waals surface area contributed by atoms with Gasteiger partial charge in [-0.2, -0.15) is 17.6 Å². The maximum absolute atomic E-state index is 14.9. The molecule has 2 aromatic carbocycles. The molecular weight excluding hydrogens is 586 g/mol. The minimum atomic E-state index is -5.83. The van der Waals surface area contributed by atoms with Crippen LogP contribution in [0.4, 0.5) is 43.9 Å².